The lowest BCUT2D eigenvalue weighted by molar-refractivity contribution is -0.0327. The Hall–Kier alpha value is -0.460. The van der Waals surface area contributed by atoms with Crippen LogP contribution in [0.4, 0.5) is 0 Å². The Kier molecular flexibility index (Phi) is 11.3. The first-order chi connectivity index (χ1) is 14.1. The molecule has 0 amide bonds. The van der Waals surface area contributed by atoms with E-state index < -0.39 is 0 Å². The molecule has 0 bridgehead atoms. The van der Waals surface area contributed by atoms with E-state index in [-0.39, 0.29) is 30.1 Å². The Morgan fingerprint density at radius 3 is 2.80 bits per heavy atom. The quantitative estimate of drug-likeness (QED) is 0.308. The van der Waals surface area contributed by atoms with E-state index in [1.165, 1.54) is 4.88 Å². The van der Waals surface area contributed by atoms with E-state index in [4.69, 9.17) is 9.73 Å². The van der Waals surface area contributed by atoms with Gasteiger partial charge in [0.15, 0.2) is 5.96 Å². The molecule has 172 valence electrons. The summed E-state index contributed by atoms with van der Waals surface area (Å²) in [5.74, 6) is 0.914. The maximum absolute atomic E-state index is 5.76. The molecule has 2 saturated heterocycles. The summed E-state index contributed by atoms with van der Waals surface area (Å²) in [5.41, 5.74) is 0. The molecule has 3 atom stereocenters. The number of guanidine groups is 1. The van der Waals surface area contributed by atoms with Crippen molar-refractivity contribution in [2.24, 2.45) is 4.99 Å². The number of thiophene rings is 1. The zero-order valence-corrected chi connectivity index (χ0v) is 22.0. The standard InChI is InChI=1S/C21H38N6OS.HI/c1-5-22-21(23-13-18-16-25(3)8-9-26(18)4)24-14-19(20-7-6-12-29-20)27-10-11-28-17(2)15-27;/h6-7,12,17-19H,5,8-11,13-16H2,1-4H3,(H2,22,23,24);1H. The van der Waals surface area contributed by atoms with Gasteiger partial charge in [0.1, 0.15) is 0 Å². The SMILES string of the molecule is CCNC(=NCC(c1cccs1)N1CCOC(C)C1)NCC1CN(C)CCN1C.I. The minimum absolute atomic E-state index is 0. The Morgan fingerprint density at radius 2 is 2.10 bits per heavy atom. The number of ether oxygens (including phenoxy) is 1. The van der Waals surface area contributed by atoms with Crippen molar-refractivity contribution in [3.63, 3.8) is 0 Å². The van der Waals surface area contributed by atoms with Crippen LogP contribution in [0, 0.1) is 0 Å². The molecule has 0 spiro atoms. The molecule has 0 saturated carbocycles. The predicted octanol–water partition coefficient (Wildman–Crippen LogP) is 1.93. The molecule has 2 fully saturated rings. The molecule has 3 heterocycles. The second-order valence-corrected chi connectivity index (χ2v) is 9.18. The molecule has 0 aromatic carbocycles. The summed E-state index contributed by atoms with van der Waals surface area (Å²) < 4.78 is 5.76. The lowest BCUT2D eigenvalue weighted by Gasteiger charge is -2.38. The van der Waals surface area contributed by atoms with E-state index in [9.17, 15) is 0 Å². The van der Waals surface area contributed by atoms with Gasteiger partial charge >= 0.3 is 0 Å². The van der Waals surface area contributed by atoms with Crippen LogP contribution in [0.5, 0.6) is 0 Å². The van der Waals surface area contributed by atoms with Crippen molar-refractivity contribution >= 4 is 41.3 Å². The zero-order chi connectivity index (χ0) is 20.6. The monoisotopic (exact) mass is 550 g/mol. The highest BCUT2D eigenvalue weighted by molar-refractivity contribution is 14.0. The molecule has 2 N–H and O–H groups in total. The van der Waals surface area contributed by atoms with Gasteiger partial charge in [0, 0.05) is 56.7 Å². The molecule has 3 unspecified atom stereocenters. The van der Waals surface area contributed by atoms with Crippen LogP contribution in [0.3, 0.4) is 0 Å². The first-order valence-corrected chi connectivity index (χ1v) is 11.7. The maximum Gasteiger partial charge on any atom is 0.191 e. The largest absolute Gasteiger partial charge is 0.376 e. The number of aliphatic imine (C=N–C) groups is 1. The van der Waals surface area contributed by atoms with Gasteiger partial charge in [-0.05, 0) is 39.4 Å². The third-order valence-electron chi connectivity index (χ3n) is 5.84. The zero-order valence-electron chi connectivity index (χ0n) is 18.8. The van der Waals surface area contributed by atoms with Crippen LogP contribution < -0.4 is 10.6 Å². The van der Waals surface area contributed by atoms with Crippen LogP contribution in [0.1, 0.15) is 24.8 Å². The van der Waals surface area contributed by atoms with E-state index in [2.05, 4.69) is 70.8 Å². The van der Waals surface area contributed by atoms with Crippen LogP contribution in [-0.2, 0) is 4.74 Å². The third kappa shape index (κ3) is 7.59. The summed E-state index contributed by atoms with van der Waals surface area (Å²) >= 11 is 1.82. The number of nitrogens with zero attached hydrogens (tertiary/aromatic N) is 4. The van der Waals surface area contributed by atoms with Crippen molar-refractivity contribution in [3.05, 3.63) is 22.4 Å². The van der Waals surface area contributed by atoms with Gasteiger partial charge in [-0.3, -0.25) is 14.8 Å². The lowest BCUT2D eigenvalue weighted by Crippen LogP contribution is -2.55. The predicted molar refractivity (Wildman–Crippen MR) is 137 cm³/mol. The van der Waals surface area contributed by atoms with E-state index >= 15 is 0 Å². The Morgan fingerprint density at radius 1 is 1.27 bits per heavy atom. The molecule has 1 aromatic heterocycles. The Labute approximate surface area is 203 Å². The van der Waals surface area contributed by atoms with E-state index in [1.54, 1.807) is 0 Å². The van der Waals surface area contributed by atoms with Crippen LogP contribution in [-0.4, -0.2) is 106 Å². The van der Waals surface area contributed by atoms with E-state index in [0.717, 1.165) is 64.9 Å². The Bertz CT molecular complexity index is 631. The molecule has 2 aliphatic heterocycles. The summed E-state index contributed by atoms with van der Waals surface area (Å²) in [6.07, 6.45) is 0.278. The van der Waals surface area contributed by atoms with Crippen LogP contribution in [0.15, 0.2) is 22.5 Å². The summed E-state index contributed by atoms with van der Waals surface area (Å²) in [4.78, 5) is 13.7. The van der Waals surface area contributed by atoms with Gasteiger partial charge in [-0.2, -0.15) is 0 Å². The molecule has 3 rings (SSSR count). The van der Waals surface area contributed by atoms with E-state index in [0.29, 0.717) is 12.1 Å². The number of halogens is 1. The second-order valence-electron chi connectivity index (χ2n) is 8.20. The average Bonchev–Trinajstić information content (AvgIpc) is 3.23. The maximum atomic E-state index is 5.76. The first kappa shape index (κ1) is 25.8. The van der Waals surface area contributed by atoms with Gasteiger partial charge in [-0.15, -0.1) is 35.3 Å². The van der Waals surface area contributed by atoms with Gasteiger partial charge in [0.2, 0.25) is 0 Å². The molecular formula is C21H39IN6OS. The van der Waals surface area contributed by atoms with Gasteiger partial charge in [0.05, 0.1) is 25.3 Å². The minimum atomic E-state index is 0. The molecule has 1 aromatic rings. The van der Waals surface area contributed by atoms with Gasteiger partial charge in [-0.1, -0.05) is 6.07 Å². The summed E-state index contributed by atoms with van der Waals surface area (Å²) in [7, 11) is 4.42. The number of morpholine rings is 1. The third-order valence-corrected chi connectivity index (χ3v) is 6.81. The molecule has 0 aliphatic carbocycles. The van der Waals surface area contributed by atoms with Crippen LogP contribution in [0.2, 0.25) is 0 Å². The fraction of sp³-hybridized carbons (Fsp3) is 0.762. The summed E-state index contributed by atoms with van der Waals surface area (Å²) in [6, 6.07) is 5.18. The van der Waals surface area contributed by atoms with Crippen molar-refractivity contribution in [1.82, 2.24) is 25.3 Å². The van der Waals surface area contributed by atoms with Crippen LogP contribution in [0.25, 0.3) is 0 Å². The van der Waals surface area contributed by atoms with Crippen molar-refractivity contribution in [2.75, 3.05) is 73.1 Å². The van der Waals surface area contributed by atoms with Gasteiger partial charge in [-0.25, -0.2) is 0 Å². The highest BCUT2D eigenvalue weighted by Crippen LogP contribution is 2.27. The Balaban J connectivity index is 0.00000320. The second kappa shape index (κ2) is 13.2. The normalized spacial score (nSPS) is 25.5. The van der Waals surface area contributed by atoms with Crippen molar-refractivity contribution in [3.8, 4) is 0 Å². The summed E-state index contributed by atoms with van der Waals surface area (Å²) in [6.45, 7) is 12.9. The van der Waals surface area contributed by atoms with Gasteiger partial charge in [0.25, 0.3) is 0 Å². The number of rotatable bonds is 7. The topological polar surface area (TPSA) is 55.4 Å². The molecule has 2 aliphatic rings. The highest BCUT2D eigenvalue weighted by Gasteiger charge is 2.26. The number of hydrogen-bond acceptors (Lipinski definition) is 6. The average molecular weight is 551 g/mol. The number of piperazine rings is 1. The smallest absolute Gasteiger partial charge is 0.191 e. The van der Waals surface area contributed by atoms with Gasteiger partial charge < -0.3 is 20.3 Å². The molecular weight excluding hydrogens is 511 g/mol. The fourth-order valence-corrected chi connectivity index (χ4v) is 4.90. The molecule has 7 nitrogen and oxygen atoms in total. The number of hydrogen-bond donors (Lipinski definition) is 2. The fourth-order valence-electron chi connectivity index (χ4n) is 4.05. The molecule has 0 radical (unpaired) electrons. The minimum Gasteiger partial charge on any atom is -0.376 e. The number of nitrogens with one attached hydrogen (secondary N) is 2. The highest BCUT2D eigenvalue weighted by atomic mass is 127. The molecule has 9 heteroatoms. The van der Waals surface area contributed by atoms with E-state index in [1.807, 2.05) is 11.3 Å². The van der Waals surface area contributed by atoms with Crippen molar-refractivity contribution in [1.29, 1.82) is 0 Å². The van der Waals surface area contributed by atoms with Crippen LogP contribution >= 0.6 is 35.3 Å². The number of likely N-dealkylation sites (N-methyl/N-ethyl adjacent to an activating group) is 2. The van der Waals surface area contributed by atoms with Crippen molar-refractivity contribution in [2.45, 2.75) is 32.0 Å². The van der Waals surface area contributed by atoms with Crippen molar-refractivity contribution < 1.29 is 4.74 Å². The lowest BCUT2D eigenvalue weighted by atomic mass is 10.1. The molecule has 30 heavy (non-hydrogen) atoms. The summed E-state index contributed by atoms with van der Waals surface area (Å²) in [5, 5.41) is 9.17. The first-order valence-electron chi connectivity index (χ1n) is 10.9.